The Morgan fingerprint density at radius 3 is 2.66 bits per heavy atom. The van der Waals surface area contributed by atoms with Gasteiger partial charge in [0.05, 0.1) is 22.3 Å². The largest absolute Gasteiger partial charge is 0.326 e. The molecule has 35 heavy (non-hydrogen) atoms. The number of benzene rings is 3. The summed E-state index contributed by atoms with van der Waals surface area (Å²) in [5.41, 5.74) is 5.76. The van der Waals surface area contributed by atoms with Gasteiger partial charge < -0.3 is 5.32 Å². The molecule has 5 rings (SSSR count). The van der Waals surface area contributed by atoms with Gasteiger partial charge in [-0.2, -0.15) is 0 Å². The van der Waals surface area contributed by atoms with E-state index in [1.54, 1.807) is 29.2 Å². The number of nitrogens with one attached hydrogen (secondary N) is 1. The monoisotopic (exact) mass is 555 g/mol. The molecule has 0 spiro atoms. The summed E-state index contributed by atoms with van der Waals surface area (Å²) < 4.78 is 2.07. The Labute approximate surface area is 225 Å². The predicted octanol–water partition coefficient (Wildman–Crippen LogP) is 8.51. The topological polar surface area (TPSA) is 54.9 Å². The lowest BCUT2D eigenvalue weighted by molar-refractivity contribution is -0.115. The van der Waals surface area contributed by atoms with E-state index >= 15 is 0 Å². The Morgan fingerprint density at radius 2 is 1.86 bits per heavy atom. The molecule has 4 nitrogen and oxygen atoms in total. The standard InChI is InChI=1S/C26H19Cl2N3OS3/c1-15-2-9-22-23(10-15)35-25(31-22)16-4-7-19(8-5-16)29-24(32)12-20-14-34-26(30-20)33-13-17-3-6-18(27)11-21(17)28/h2-11,14H,12-13H2,1H3,(H,29,32). The molecule has 176 valence electrons. The van der Waals surface area contributed by atoms with Crippen molar-refractivity contribution in [2.75, 3.05) is 5.32 Å². The number of halogens is 2. The number of hydrogen-bond donors (Lipinski definition) is 1. The van der Waals surface area contributed by atoms with Crippen LogP contribution in [0.3, 0.4) is 0 Å². The van der Waals surface area contributed by atoms with Crippen molar-refractivity contribution in [3.63, 3.8) is 0 Å². The molecule has 0 aliphatic carbocycles. The van der Waals surface area contributed by atoms with Gasteiger partial charge >= 0.3 is 0 Å². The predicted molar refractivity (Wildman–Crippen MR) is 150 cm³/mol. The summed E-state index contributed by atoms with van der Waals surface area (Å²) in [7, 11) is 0. The number of anilines is 1. The number of nitrogens with zero attached hydrogens (tertiary/aromatic N) is 2. The number of rotatable bonds is 7. The molecule has 0 fully saturated rings. The first-order valence-electron chi connectivity index (χ1n) is 10.7. The molecule has 1 N–H and O–H groups in total. The number of fused-ring (bicyclic) bond motifs is 1. The SMILES string of the molecule is Cc1ccc2nc(-c3ccc(NC(=O)Cc4csc(SCc5ccc(Cl)cc5Cl)n4)cc3)sc2c1. The Hall–Kier alpha value is -2.42. The average molecular weight is 557 g/mol. The Kier molecular flexibility index (Phi) is 7.41. The molecule has 2 heterocycles. The Bertz CT molecular complexity index is 1510. The lowest BCUT2D eigenvalue weighted by atomic mass is 10.2. The molecule has 2 aromatic heterocycles. The maximum Gasteiger partial charge on any atom is 0.230 e. The molecule has 9 heteroatoms. The number of thiazole rings is 2. The second-order valence-corrected chi connectivity index (χ2v) is 11.9. The summed E-state index contributed by atoms with van der Waals surface area (Å²) in [6, 6.07) is 19.5. The second-order valence-electron chi connectivity index (χ2n) is 7.92. The van der Waals surface area contributed by atoms with Crippen molar-refractivity contribution in [3.05, 3.63) is 92.9 Å². The minimum absolute atomic E-state index is 0.101. The van der Waals surface area contributed by atoms with Crippen molar-refractivity contribution in [3.8, 4) is 10.6 Å². The van der Waals surface area contributed by atoms with Crippen LogP contribution in [-0.4, -0.2) is 15.9 Å². The Balaban J connectivity index is 1.17. The summed E-state index contributed by atoms with van der Waals surface area (Å²) in [6.45, 7) is 2.08. The minimum Gasteiger partial charge on any atom is -0.326 e. The van der Waals surface area contributed by atoms with Gasteiger partial charge in [-0.25, -0.2) is 9.97 Å². The van der Waals surface area contributed by atoms with Crippen LogP contribution in [0.4, 0.5) is 5.69 Å². The fourth-order valence-electron chi connectivity index (χ4n) is 3.44. The van der Waals surface area contributed by atoms with Gasteiger partial charge in [-0.1, -0.05) is 47.1 Å². The lowest BCUT2D eigenvalue weighted by Crippen LogP contribution is -2.14. The summed E-state index contributed by atoms with van der Waals surface area (Å²) in [5, 5.41) is 7.11. The summed E-state index contributed by atoms with van der Waals surface area (Å²) in [4.78, 5) is 21.9. The van der Waals surface area contributed by atoms with Gasteiger partial charge in [0.25, 0.3) is 0 Å². The molecule has 0 unspecified atom stereocenters. The van der Waals surface area contributed by atoms with Crippen molar-refractivity contribution in [2.24, 2.45) is 0 Å². The van der Waals surface area contributed by atoms with Crippen LogP contribution in [0.2, 0.25) is 10.0 Å². The van der Waals surface area contributed by atoms with E-state index in [1.807, 2.05) is 41.8 Å². The van der Waals surface area contributed by atoms with Crippen molar-refractivity contribution in [2.45, 2.75) is 23.4 Å². The highest BCUT2D eigenvalue weighted by Crippen LogP contribution is 2.32. The van der Waals surface area contributed by atoms with Gasteiger partial charge in [-0.05, 0) is 66.6 Å². The van der Waals surface area contributed by atoms with Crippen LogP contribution in [0.1, 0.15) is 16.8 Å². The highest BCUT2D eigenvalue weighted by atomic mass is 35.5. The molecule has 0 aliphatic heterocycles. The average Bonchev–Trinajstić information content (AvgIpc) is 3.45. The van der Waals surface area contributed by atoms with Gasteiger partial charge in [-0.15, -0.1) is 22.7 Å². The van der Waals surface area contributed by atoms with E-state index in [0.29, 0.717) is 15.8 Å². The van der Waals surface area contributed by atoms with Crippen LogP contribution < -0.4 is 5.32 Å². The molecule has 0 aliphatic rings. The Morgan fingerprint density at radius 1 is 1.03 bits per heavy atom. The number of thioether (sulfide) groups is 1. The molecule has 1 amide bonds. The fourth-order valence-corrected chi connectivity index (χ4v) is 6.91. The van der Waals surface area contributed by atoms with Crippen molar-refractivity contribution < 1.29 is 4.79 Å². The first kappa shape index (κ1) is 24.3. The number of hydrogen-bond acceptors (Lipinski definition) is 6. The van der Waals surface area contributed by atoms with Gasteiger partial charge in [0.2, 0.25) is 5.91 Å². The molecule has 0 saturated carbocycles. The maximum atomic E-state index is 12.6. The molecule has 0 atom stereocenters. The van der Waals surface area contributed by atoms with E-state index < -0.39 is 0 Å². The van der Waals surface area contributed by atoms with Crippen LogP contribution in [0.15, 0.2) is 70.4 Å². The quantitative estimate of drug-likeness (QED) is 0.204. The van der Waals surface area contributed by atoms with Gasteiger partial charge in [-0.3, -0.25) is 4.79 Å². The minimum atomic E-state index is -0.101. The third-order valence-corrected chi connectivity index (χ3v) is 8.97. The zero-order chi connectivity index (χ0) is 24.4. The van der Waals surface area contributed by atoms with Crippen molar-refractivity contribution in [1.82, 2.24) is 9.97 Å². The normalized spacial score (nSPS) is 11.2. The highest BCUT2D eigenvalue weighted by molar-refractivity contribution is 8.00. The summed E-state index contributed by atoms with van der Waals surface area (Å²) in [5.74, 6) is 0.589. The van der Waals surface area contributed by atoms with E-state index in [9.17, 15) is 4.79 Å². The van der Waals surface area contributed by atoms with Crippen LogP contribution >= 0.6 is 57.6 Å². The molecule has 0 saturated heterocycles. The van der Waals surface area contributed by atoms with Crippen LogP contribution in [-0.2, 0) is 17.0 Å². The number of aromatic nitrogens is 2. The van der Waals surface area contributed by atoms with Crippen LogP contribution in [0.25, 0.3) is 20.8 Å². The zero-order valence-electron chi connectivity index (χ0n) is 18.5. The fraction of sp³-hybridized carbons (Fsp3) is 0.115. The molecular weight excluding hydrogens is 537 g/mol. The molecular formula is C26H19Cl2N3OS3. The van der Waals surface area contributed by atoms with Crippen molar-refractivity contribution in [1.29, 1.82) is 0 Å². The van der Waals surface area contributed by atoms with Gasteiger partial charge in [0.1, 0.15) is 9.35 Å². The first-order valence-corrected chi connectivity index (χ1v) is 14.2. The van der Waals surface area contributed by atoms with E-state index in [4.69, 9.17) is 28.2 Å². The van der Waals surface area contributed by atoms with E-state index in [-0.39, 0.29) is 12.3 Å². The maximum absolute atomic E-state index is 12.6. The summed E-state index contributed by atoms with van der Waals surface area (Å²) >= 11 is 17.0. The molecule has 3 aromatic carbocycles. The van der Waals surface area contributed by atoms with Crippen LogP contribution in [0, 0.1) is 6.92 Å². The van der Waals surface area contributed by atoms with Crippen LogP contribution in [0.5, 0.6) is 0 Å². The van der Waals surface area contributed by atoms with E-state index in [0.717, 1.165) is 37.4 Å². The second kappa shape index (κ2) is 10.7. The summed E-state index contributed by atoms with van der Waals surface area (Å²) in [6.07, 6.45) is 0.220. The number of amides is 1. The molecule has 5 aromatic rings. The smallest absolute Gasteiger partial charge is 0.230 e. The first-order chi connectivity index (χ1) is 16.9. The van der Waals surface area contributed by atoms with E-state index in [1.165, 1.54) is 21.6 Å². The highest BCUT2D eigenvalue weighted by Gasteiger charge is 2.11. The van der Waals surface area contributed by atoms with Crippen molar-refractivity contribution >= 4 is 79.4 Å². The van der Waals surface area contributed by atoms with Gasteiger partial charge in [0, 0.05) is 32.4 Å². The zero-order valence-corrected chi connectivity index (χ0v) is 22.5. The third kappa shape index (κ3) is 6.05. The number of carbonyl (C=O) groups excluding carboxylic acids is 1. The molecule has 0 radical (unpaired) electrons. The molecule has 0 bridgehead atoms. The lowest BCUT2D eigenvalue weighted by Gasteiger charge is -2.05. The number of aryl methyl sites for hydroxylation is 1. The van der Waals surface area contributed by atoms with Gasteiger partial charge in [0.15, 0.2) is 0 Å². The van der Waals surface area contributed by atoms with E-state index in [2.05, 4.69) is 35.4 Å². The third-order valence-electron chi connectivity index (χ3n) is 5.20. The number of carbonyl (C=O) groups is 1.